The van der Waals surface area contributed by atoms with Crippen molar-refractivity contribution in [2.45, 2.75) is 37.1 Å². The molecule has 0 saturated heterocycles. The van der Waals surface area contributed by atoms with Crippen LogP contribution < -0.4 is 11.1 Å². The van der Waals surface area contributed by atoms with E-state index < -0.39 is 18.0 Å². The van der Waals surface area contributed by atoms with Gasteiger partial charge in [-0.3, -0.25) is 9.48 Å². The second-order valence-electron chi connectivity index (χ2n) is 7.13. The number of benzene rings is 1. The molecule has 25 heavy (non-hydrogen) atoms. The minimum Gasteiger partial charge on any atom is -0.325 e. The quantitative estimate of drug-likeness (QED) is 0.873. The van der Waals surface area contributed by atoms with Gasteiger partial charge in [-0.25, -0.2) is 8.78 Å². The number of para-hydroxylation sites is 1. The molecule has 7 heteroatoms. The average molecular weight is 346 g/mol. The summed E-state index contributed by atoms with van der Waals surface area (Å²) in [5.74, 6) is 0.204. The highest BCUT2D eigenvalue weighted by atomic mass is 19.3. The summed E-state index contributed by atoms with van der Waals surface area (Å²) in [7, 11) is 1.52. The molecule has 2 aliphatic rings. The number of nitrogens with two attached hydrogens (primary N) is 1. The number of amides is 1. The molecular weight excluding hydrogens is 326 g/mol. The van der Waals surface area contributed by atoms with Crippen LogP contribution in [0.3, 0.4) is 0 Å². The van der Waals surface area contributed by atoms with Crippen molar-refractivity contribution in [3.8, 4) is 0 Å². The molecule has 3 N–H and O–H groups in total. The molecule has 5 nitrogen and oxygen atoms in total. The van der Waals surface area contributed by atoms with Crippen molar-refractivity contribution >= 4 is 11.6 Å². The van der Waals surface area contributed by atoms with Crippen LogP contribution in [0.25, 0.3) is 0 Å². The Balaban J connectivity index is 1.57. The molecule has 0 aliphatic heterocycles. The minimum absolute atomic E-state index is 0.0476. The number of aromatic nitrogens is 2. The Bertz CT molecular complexity index is 828. The van der Waals surface area contributed by atoms with Crippen molar-refractivity contribution in [3.63, 3.8) is 0 Å². The number of carbonyl (C=O) groups is 1. The van der Waals surface area contributed by atoms with Crippen LogP contribution in [0.15, 0.2) is 30.5 Å². The van der Waals surface area contributed by atoms with Crippen LogP contribution >= 0.6 is 0 Å². The van der Waals surface area contributed by atoms with Gasteiger partial charge in [-0.05, 0) is 42.7 Å². The smallest absolute Gasteiger partial charge is 0.282 e. The number of halogens is 2. The lowest BCUT2D eigenvalue weighted by atomic mass is 10.0. The number of anilines is 1. The number of hydrogen-bond donors (Lipinski definition) is 2. The van der Waals surface area contributed by atoms with Crippen LogP contribution in [0.2, 0.25) is 0 Å². The summed E-state index contributed by atoms with van der Waals surface area (Å²) < 4.78 is 27.4. The fourth-order valence-electron chi connectivity index (χ4n) is 3.65. The maximum Gasteiger partial charge on any atom is 0.282 e. The predicted molar refractivity (Wildman–Crippen MR) is 89.6 cm³/mol. The van der Waals surface area contributed by atoms with E-state index in [1.54, 1.807) is 6.07 Å². The third kappa shape index (κ3) is 2.93. The number of aryl methyl sites for hydroxylation is 1. The highest BCUT2D eigenvalue weighted by Gasteiger charge is 2.57. The number of carbonyl (C=O) groups excluding carboxylic acids is 1. The second-order valence-corrected chi connectivity index (χ2v) is 7.13. The van der Waals surface area contributed by atoms with Gasteiger partial charge in [0.25, 0.3) is 12.3 Å². The van der Waals surface area contributed by atoms with E-state index in [1.165, 1.54) is 17.9 Å². The summed E-state index contributed by atoms with van der Waals surface area (Å²) in [5.41, 5.74) is 7.34. The Morgan fingerprint density at radius 1 is 1.40 bits per heavy atom. The van der Waals surface area contributed by atoms with E-state index in [2.05, 4.69) is 10.4 Å². The molecule has 0 radical (unpaired) electrons. The molecule has 132 valence electrons. The van der Waals surface area contributed by atoms with E-state index in [4.69, 9.17) is 5.73 Å². The molecule has 2 fully saturated rings. The lowest BCUT2D eigenvalue weighted by molar-refractivity contribution is 0.101. The van der Waals surface area contributed by atoms with Crippen molar-refractivity contribution in [1.82, 2.24) is 9.78 Å². The Labute approximate surface area is 144 Å². The molecule has 1 aromatic carbocycles. The van der Waals surface area contributed by atoms with Crippen LogP contribution in [-0.4, -0.2) is 21.2 Å². The van der Waals surface area contributed by atoms with Crippen molar-refractivity contribution in [1.29, 1.82) is 0 Å². The zero-order valence-corrected chi connectivity index (χ0v) is 13.9. The number of nitrogens with zero attached hydrogens (tertiary/aromatic N) is 2. The summed E-state index contributed by atoms with van der Waals surface area (Å²) in [6, 6.07) is 7.52. The maximum absolute atomic E-state index is 13.1. The Kier molecular flexibility index (Phi) is 3.64. The maximum atomic E-state index is 13.1. The molecule has 1 heterocycles. The highest BCUT2D eigenvalue weighted by molar-refractivity contribution is 6.05. The van der Waals surface area contributed by atoms with Gasteiger partial charge in [-0.15, -0.1) is 0 Å². The fraction of sp³-hybridized carbons (Fsp3) is 0.444. The third-order valence-electron chi connectivity index (χ3n) is 5.27. The average Bonchev–Trinajstić information content (AvgIpc) is 3.47. The van der Waals surface area contributed by atoms with E-state index in [0.717, 1.165) is 24.8 Å². The topological polar surface area (TPSA) is 72.9 Å². The Hall–Kier alpha value is -2.28. The standard InChI is InChI=1S/C18H20F2N4O/c1-24-9-12(15(23-24)16(19)20)17(25)22-14-5-3-2-4-10(14)11-8-13(11)18(21)6-7-18/h2-5,9,11,13,16H,6-8,21H2,1H3,(H,22,25). The third-order valence-corrected chi connectivity index (χ3v) is 5.27. The molecule has 1 aromatic heterocycles. The van der Waals surface area contributed by atoms with Crippen LogP contribution in [-0.2, 0) is 7.05 Å². The van der Waals surface area contributed by atoms with Crippen LogP contribution in [0.1, 0.15) is 53.2 Å². The summed E-state index contributed by atoms with van der Waals surface area (Å²) >= 11 is 0. The zero-order chi connectivity index (χ0) is 17.8. The molecule has 4 rings (SSSR count). The van der Waals surface area contributed by atoms with E-state index in [0.29, 0.717) is 17.5 Å². The first-order valence-electron chi connectivity index (χ1n) is 8.40. The van der Waals surface area contributed by atoms with E-state index >= 15 is 0 Å². The molecule has 0 spiro atoms. The summed E-state index contributed by atoms with van der Waals surface area (Å²) in [6.07, 6.45) is 1.64. The highest BCUT2D eigenvalue weighted by Crippen LogP contribution is 2.61. The van der Waals surface area contributed by atoms with Gasteiger partial charge in [0.1, 0.15) is 5.69 Å². The first-order chi connectivity index (χ1) is 11.9. The molecule has 2 aromatic rings. The largest absolute Gasteiger partial charge is 0.325 e. The first-order valence-corrected chi connectivity index (χ1v) is 8.40. The van der Waals surface area contributed by atoms with Gasteiger partial charge in [0, 0.05) is 24.5 Å². The zero-order valence-electron chi connectivity index (χ0n) is 13.9. The number of hydrogen-bond acceptors (Lipinski definition) is 3. The lowest BCUT2D eigenvalue weighted by Crippen LogP contribution is -2.25. The molecule has 2 atom stereocenters. The second kappa shape index (κ2) is 5.62. The SMILES string of the molecule is Cn1cc(C(=O)Nc2ccccc2C2CC2C2(N)CC2)c(C(F)F)n1. The van der Waals surface area contributed by atoms with Crippen LogP contribution in [0, 0.1) is 5.92 Å². The predicted octanol–water partition coefficient (Wildman–Crippen LogP) is 3.20. The fourth-order valence-corrected chi connectivity index (χ4v) is 3.65. The Morgan fingerprint density at radius 2 is 2.12 bits per heavy atom. The number of alkyl halides is 2. The summed E-state index contributed by atoms with van der Waals surface area (Å²) in [5, 5.41) is 6.47. The molecule has 2 aliphatic carbocycles. The van der Waals surface area contributed by atoms with Crippen molar-refractivity contribution in [2.75, 3.05) is 5.32 Å². The Morgan fingerprint density at radius 3 is 2.80 bits per heavy atom. The van der Waals surface area contributed by atoms with Gasteiger partial charge in [-0.2, -0.15) is 5.10 Å². The first kappa shape index (κ1) is 16.2. The molecule has 0 bridgehead atoms. The molecule has 2 unspecified atom stereocenters. The van der Waals surface area contributed by atoms with Crippen LogP contribution in [0.5, 0.6) is 0 Å². The lowest BCUT2D eigenvalue weighted by Gasteiger charge is -2.13. The van der Waals surface area contributed by atoms with E-state index in [9.17, 15) is 13.6 Å². The van der Waals surface area contributed by atoms with Gasteiger partial charge in [0.05, 0.1) is 5.56 Å². The van der Waals surface area contributed by atoms with Crippen molar-refractivity contribution in [3.05, 3.63) is 47.3 Å². The number of rotatable bonds is 5. The number of nitrogens with one attached hydrogen (secondary N) is 1. The van der Waals surface area contributed by atoms with Gasteiger partial charge in [0.2, 0.25) is 0 Å². The van der Waals surface area contributed by atoms with Gasteiger partial charge in [-0.1, -0.05) is 18.2 Å². The minimum atomic E-state index is -2.79. The van der Waals surface area contributed by atoms with Crippen molar-refractivity contribution < 1.29 is 13.6 Å². The van der Waals surface area contributed by atoms with Gasteiger partial charge in [0.15, 0.2) is 0 Å². The summed E-state index contributed by atoms with van der Waals surface area (Å²) in [6.45, 7) is 0. The molecule has 1 amide bonds. The van der Waals surface area contributed by atoms with E-state index in [1.807, 2.05) is 18.2 Å². The van der Waals surface area contributed by atoms with Crippen molar-refractivity contribution in [2.24, 2.45) is 18.7 Å². The normalized spacial score (nSPS) is 23.6. The monoisotopic (exact) mass is 346 g/mol. The van der Waals surface area contributed by atoms with E-state index in [-0.39, 0.29) is 11.1 Å². The molecule has 2 saturated carbocycles. The summed E-state index contributed by atoms with van der Waals surface area (Å²) in [4.78, 5) is 12.5. The van der Waals surface area contributed by atoms with Crippen LogP contribution in [0.4, 0.5) is 14.5 Å². The van der Waals surface area contributed by atoms with Gasteiger partial charge < -0.3 is 11.1 Å². The van der Waals surface area contributed by atoms with Gasteiger partial charge >= 0.3 is 0 Å². The molecular formula is C18H20F2N4O.